The van der Waals surface area contributed by atoms with Crippen molar-refractivity contribution in [2.75, 3.05) is 5.32 Å². The maximum atomic E-state index is 12.8. The number of nitrogens with zero attached hydrogens (tertiary/aromatic N) is 1. The van der Waals surface area contributed by atoms with Crippen molar-refractivity contribution in [2.45, 2.75) is 58.8 Å². The number of unbranched alkanes of at least 4 members (excludes halogenated alkanes) is 3. The predicted molar refractivity (Wildman–Crippen MR) is 98.2 cm³/mol. The Morgan fingerprint density at radius 3 is 2.74 bits per heavy atom. The van der Waals surface area contributed by atoms with Crippen molar-refractivity contribution in [3.63, 3.8) is 0 Å². The van der Waals surface area contributed by atoms with Crippen LogP contribution < -0.4 is 5.32 Å². The van der Waals surface area contributed by atoms with Crippen molar-refractivity contribution in [1.82, 2.24) is 4.98 Å². The van der Waals surface area contributed by atoms with E-state index in [9.17, 15) is 4.79 Å². The Bertz CT molecular complexity index is 602. The quantitative estimate of drug-likeness (QED) is 0.654. The van der Waals surface area contributed by atoms with E-state index in [-0.39, 0.29) is 11.8 Å². The second-order valence-electron chi connectivity index (χ2n) is 6.12. The molecule has 0 saturated carbocycles. The van der Waals surface area contributed by atoms with Crippen LogP contribution in [0.3, 0.4) is 0 Å². The molecule has 0 aliphatic heterocycles. The molecule has 0 spiro atoms. The second kappa shape index (κ2) is 8.82. The van der Waals surface area contributed by atoms with Crippen LogP contribution in [-0.2, 0) is 4.79 Å². The van der Waals surface area contributed by atoms with E-state index in [2.05, 4.69) is 28.7 Å². The van der Waals surface area contributed by atoms with Crippen LogP contribution >= 0.6 is 11.3 Å². The van der Waals surface area contributed by atoms with Crippen molar-refractivity contribution < 1.29 is 4.79 Å². The number of anilines is 1. The second-order valence-corrected chi connectivity index (χ2v) is 6.90. The van der Waals surface area contributed by atoms with Gasteiger partial charge in [-0.05, 0) is 60.4 Å². The number of hydrogen-bond donors (Lipinski definition) is 1. The molecule has 2 aromatic rings. The van der Waals surface area contributed by atoms with Gasteiger partial charge in [-0.1, -0.05) is 32.6 Å². The number of aryl methyl sites for hydroxylation is 2. The molecule has 1 N–H and O–H groups in total. The molecular weight excluding hydrogens is 304 g/mol. The smallest absolute Gasteiger partial charge is 0.233 e. The van der Waals surface area contributed by atoms with Crippen LogP contribution in [0.5, 0.6) is 0 Å². The first-order valence-corrected chi connectivity index (χ1v) is 9.32. The van der Waals surface area contributed by atoms with Gasteiger partial charge in [-0.15, -0.1) is 0 Å². The summed E-state index contributed by atoms with van der Waals surface area (Å²) in [6.07, 6.45) is 5.61. The van der Waals surface area contributed by atoms with Gasteiger partial charge >= 0.3 is 0 Å². The third-order valence-corrected chi connectivity index (χ3v) is 4.66. The number of rotatable bonds is 8. The first-order chi connectivity index (χ1) is 11.1. The fraction of sp³-hybridized carbons (Fsp3) is 0.474. The van der Waals surface area contributed by atoms with Gasteiger partial charge in [-0.25, -0.2) is 4.98 Å². The lowest BCUT2D eigenvalue weighted by Gasteiger charge is -2.16. The molecule has 0 saturated heterocycles. The summed E-state index contributed by atoms with van der Waals surface area (Å²) >= 11 is 1.64. The van der Waals surface area contributed by atoms with Crippen LogP contribution in [0.1, 0.15) is 61.8 Å². The minimum Gasteiger partial charge on any atom is -0.310 e. The topological polar surface area (TPSA) is 42.0 Å². The van der Waals surface area contributed by atoms with E-state index < -0.39 is 0 Å². The Hall–Kier alpha value is -1.68. The van der Waals surface area contributed by atoms with Crippen molar-refractivity contribution in [3.8, 4) is 0 Å². The normalized spacial score (nSPS) is 12.1. The SMILES string of the molecule is CCCCCCC(C(=O)Nc1cc(C)cc(C)n1)c1ccsc1. The summed E-state index contributed by atoms with van der Waals surface area (Å²) in [5, 5.41) is 7.13. The number of thiophene rings is 1. The van der Waals surface area contributed by atoms with Gasteiger partial charge in [0.2, 0.25) is 5.91 Å². The van der Waals surface area contributed by atoms with E-state index >= 15 is 0 Å². The number of amides is 1. The molecule has 2 heterocycles. The molecule has 23 heavy (non-hydrogen) atoms. The minimum atomic E-state index is -0.0827. The van der Waals surface area contributed by atoms with Gasteiger partial charge in [-0.3, -0.25) is 4.79 Å². The van der Waals surface area contributed by atoms with Crippen molar-refractivity contribution in [1.29, 1.82) is 0 Å². The van der Waals surface area contributed by atoms with Gasteiger partial charge in [-0.2, -0.15) is 11.3 Å². The highest BCUT2D eigenvalue weighted by Crippen LogP contribution is 2.26. The highest BCUT2D eigenvalue weighted by Gasteiger charge is 2.21. The first-order valence-electron chi connectivity index (χ1n) is 8.38. The standard InChI is InChI=1S/C19H26N2OS/c1-4-5-6-7-8-17(16-9-10-23-13-16)19(22)21-18-12-14(2)11-15(3)20-18/h9-13,17H,4-8H2,1-3H3,(H,20,21,22). The van der Waals surface area contributed by atoms with Gasteiger partial charge in [0.15, 0.2) is 0 Å². The van der Waals surface area contributed by atoms with E-state index in [1.54, 1.807) is 11.3 Å². The summed E-state index contributed by atoms with van der Waals surface area (Å²) < 4.78 is 0. The molecule has 0 aliphatic carbocycles. The number of aromatic nitrogens is 1. The van der Waals surface area contributed by atoms with E-state index in [1.807, 2.05) is 31.4 Å². The van der Waals surface area contributed by atoms with Crippen molar-refractivity contribution in [2.24, 2.45) is 0 Å². The number of pyridine rings is 1. The maximum absolute atomic E-state index is 12.8. The number of carbonyl (C=O) groups excluding carboxylic acids is 1. The lowest BCUT2D eigenvalue weighted by atomic mass is 9.94. The van der Waals surface area contributed by atoms with Crippen LogP contribution in [0.4, 0.5) is 5.82 Å². The lowest BCUT2D eigenvalue weighted by molar-refractivity contribution is -0.117. The van der Waals surface area contributed by atoms with E-state index in [0.717, 1.165) is 29.7 Å². The zero-order valence-corrected chi connectivity index (χ0v) is 15.1. The van der Waals surface area contributed by atoms with Gasteiger partial charge in [0.25, 0.3) is 0 Å². The molecular formula is C19H26N2OS. The van der Waals surface area contributed by atoms with Crippen LogP contribution in [0.2, 0.25) is 0 Å². The predicted octanol–water partition coefficient (Wildman–Crippen LogP) is 5.45. The zero-order chi connectivity index (χ0) is 16.7. The van der Waals surface area contributed by atoms with Crippen LogP contribution in [0, 0.1) is 13.8 Å². The van der Waals surface area contributed by atoms with Crippen LogP contribution in [-0.4, -0.2) is 10.9 Å². The molecule has 0 aliphatic rings. The highest BCUT2D eigenvalue weighted by atomic mass is 32.1. The van der Waals surface area contributed by atoms with E-state index in [4.69, 9.17) is 0 Å². The maximum Gasteiger partial charge on any atom is 0.233 e. The Morgan fingerprint density at radius 1 is 1.26 bits per heavy atom. The van der Waals surface area contributed by atoms with E-state index in [1.165, 1.54) is 19.3 Å². The molecule has 124 valence electrons. The average Bonchev–Trinajstić information content (AvgIpc) is 3.00. The lowest BCUT2D eigenvalue weighted by Crippen LogP contribution is -2.21. The molecule has 1 amide bonds. The molecule has 2 aromatic heterocycles. The highest BCUT2D eigenvalue weighted by molar-refractivity contribution is 7.08. The number of nitrogens with one attached hydrogen (secondary N) is 1. The molecule has 0 bridgehead atoms. The monoisotopic (exact) mass is 330 g/mol. The number of hydrogen-bond acceptors (Lipinski definition) is 3. The van der Waals surface area contributed by atoms with Crippen LogP contribution in [0.25, 0.3) is 0 Å². The van der Waals surface area contributed by atoms with Crippen molar-refractivity contribution >= 4 is 23.1 Å². The third kappa shape index (κ3) is 5.47. The van der Waals surface area contributed by atoms with E-state index in [0.29, 0.717) is 5.82 Å². The van der Waals surface area contributed by atoms with Gasteiger partial charge < -0.3 is 5.32 Å². The Labute approximate surface area is 143 Å². The number of carbonyl (C=O) groups is 1. The fourth-order valence-corrected chi connectivity index (χ4v) is 3.53. The molecule has 1 atom stereocenters. The minimum absolute atomic E-state index is 0.0531. The zero-order valence-electron chi connectivity index (χ0n) is 14.3. The summed E-state index contributed by atoms with van der Waals surface area (Å²) in [6, 6.07) is 5.99. The summed E-state index contributed by atoms with van der Waals surface area (Å²) in [6.45, 7) is 6.17. The molecule has 0 aromatic carbocycles. The Kier molecular flexibility index (Phi) is 6.78. The molecule has 2 rings (SSSR count). The largest absolute Gasteiger partial charge is 0.310 e. The van der Waals surface area contributed by atoms with Gasteiger partial charge in [0.1, 0.15) is 5.82 Å². The third-order valence-electron chi connectivity index (χ3n) is 3.96. The average molecular weight is 330 g/mol. The molecule has 1 unspecified atom stereocenters. The summed E-state index contributed by atoms with van der Waals surface area (Å²) in [5.41, 5.74) is 3.16. The molecule has 3 nitrogen and oxygen atoms in total. The van der Waals surface area contributed by atoms with Gasteiger partial charge in [0.05, 0.1) is 5.92 Å². The van der Waals surface area contributed by atoms with Gasteiger partial charge in [0, 0.05) is 5.69 Å². The molecule has 0 radical (unpaired) electrons. The summed E-state index contributed by atoms with van der Waals surface area (Å²) in [7, 11) is 0. The summed E-state index contributed by atoms with van der Waals surface area (Å²) in [5.74, 6) is 0.624. The first kappa shape index (κ1) is 17.7. The summed E-state index contributed by atoms with van der Waals surface area (Å²) in [4.78, 5) is 17.2. The van der Waals surface area contributed by atoms with Crippen molar-refractivity contribution in [3.05, 3.63) is 45.8 Å². The van der Waals surface area contributed by atoms with Crippen LogP contribution in [0.15, 0.2) is 29.0 Å². The Balaban J connectivity index is 2.06. The fourth-order valence-electron chi connectivity index (χ4n) is 2.82. The molecule has 4 heteroatoms. The molecule has 0 fully saturated rings. The Morgan fingerprint density at radius 2 is 2.09 bits per heavy atom.